The minimum Gasteiger partial charge on any atom is -0.444 e. The molecule has 0 aliphatic carbocycles. The first-order valence-electron chi connectivity index (χ1n) is 10.9. The fourth-order valence-corrected chi connectivity index (χ4v) is 3.20. The highest BCUT2D eigenvalue weighted by Gasteiger charge is 2.35. The van der Waals surface area contributed by atoms with Crippen LogP contribution in [0.5, 0.6) is 0 Å². The standard InChI is InChI=1S/C20H33N8O5/c1-6-12(2)16(23-19(32)33-20(3,4)5)18(31)22-11-15(29)28-9-7-8-13(28)17(30)21-10-14-24-26-27-25-14/h7,12-13,16H,6,8-11H2,1-5H3,(H,21,30)(H,22,31)(H,23,32)(H,24,25,26,27)/t12-,13-,16-/m0/s1. The third kappa shape index (κ3) is 7.99. The minimum atomic E-state index is -0.864. The zero-order valence-electron chi connectivity index (χ0n) is 19.7. The molecule has 4 amide bonds. The molecular weight excluding hydrogens is 432 g/mol. The number of alkyl carbamates (subject to hydrolysis) is 1. The summed E-state index contributed by atoms with van der Waals surface area (Å²) in [4.78, 5) is 51.5. The molecule has 13 heteroatoms. The van der Waals surface area contributed by atoms with Crippen LogP contribution in [0, 0.1) is 12.3 Å². The van der Waals surface area contributed by atoms with E-state index < -0.39 is 35.6 Å². The van der Waals surface area contributed by atoms with E-state index in [4.69, 9.17) is 4.74 Å². The molecule has 0 aromatic carbocycles. The van der Waals surface area contributed by atoms with Crippen LogP contribution in [0.3, 0.4) is 0 Å². The zero-order chi connectivity index (χ0) is 24.6. The van der Waals surface area contributed by atoms with E-state index in [0.717, 1.165) is 0 Å². The fraction of sp³-hybridized carbons (Fsp3) is 0.700. The number of carbonyl (C=O) groups is 4. The van der Waals surface area contributed by atoms with E-state index in [1.807, 2.05) is 20.3 Å². The molecule has 13 nitrogen and oxygen atoms in total. The first-order valence-corrected chi connectivity index (χ1v) is 10.9. The van der Waals surface area contributed by atoms with Crippen molar-refractivity contribution in [3.05, 3.63) is 12.2 Å². The van der Waals surface area contributed by atoms with Crippen molar-refractivity contribution in [2.45, 2.75) is 71.7 Å². The third-order valence-electron chi connectivity index (χ3n) is 5.11. The highest BCUT2D eigenvalue weighted by atomic mass is 16.6. The molecular formula is C20H33N8O5. The van der Waals surface area contributed by atoms with Crippen molar-refractivity contribution in [2.24, 2.45) is 5.92 Å². The van der Waals surface area contributed by atoms with Gasteiger partial charge in [0.25, 0.3) is 0 Å². The summed E-state index contributed by atoms with van der Waals surface area (Å²) in [7, 11) is 0. The predicted octanol–water partition coefficient (Wildman–Crippen LogP) is -0.323. The molecule has 1 aliphatic rings. The van der Waals surface area contributed by atoms with Crippen LogP contribution < -0.4 is 16.0 Å². The van der Waals surface area contributed by atoms with Gasteiger partial charge in [0.2, 0.25) is 17.7 Å². The maximum atomic E-state index is 12.8. The number of tetrazole rings is 1. The van der Waals surface area contributed by atoms with Crippen molar-refractivity contribution >= 4 is 23.8 Å². The van der Waals surface area contributed by atoms with Crippen LogP contribution in [0.4, 0.5) is 4.79 Å². The Hall–Kier alpha value is -3.25. The number of likely N-dealkylation sites (tertiary alicyclic amines) is 1. The van der Waals surface area contributed by atoms with Crippen LogP contribution in [0.2, 0.25) is 0 Å². The lowest BCUT2D eigenvalue weighted by molar-refractivity contribution is -0.139. The summed E-state index contributed by atoms with van der Waals surface area (Å²) in [5.74, 6) is -1.11. The van der Waals surface area contributed by atoms with Crippen LogP contribution in [-0.2, 0) is 25.7 Å². The quantitative estimate of drug-likeness (QED) is 0.384. The summed E-state index contributed by atoms with van der Waals surface area (Å²) in [5, 5.41) is 21.1. The smallest absolute Gasteiger partial charge is 0.408 e. The van der Waals surface area contributed by atoms with Crippen LogP contribution >= 0.6 is 0 Å². The largest absolute Gasteiger partial charge is 0.444 e. The second-order valence-corrected chi connectivity index (χ2v) is 8.86. The van der Waals surface area contributed by atoms with Gasteiger partial charge in [-0.15, -0.1) is 10.2 Å². The Morgan fingerprint density at radius 1 is 1.27 bits per heavy atom. The van der Waals surface area contributed by atoms with E-state index in [0.29, 0.717) is 25.2 Å². The number of hydrogen-bond donors (Lipinski definition) is 4. The van der Waals surface area contributed by atoms with Crippen molar-refractivity contribution in [3.63, 3.8) is 0 Å². The molecule has 1 aromatic heterocycles. The molecule has 2 heterocycles. The zero-order valence-corrected chi connectivity index (χ0v) is 19.7. The van der Waals surface area contributed by atoms with Gasteiger partial charge in [-0.2, -0.15) is 5.21 Å². The molecule has 4 N–H and O–H groups in total. The van der Waals surface area contributed by atoms with Crippen molar-refractivity contribution in [2.75, 3.05) is 13.1 Å². The normalized spacial score (nSPS) is 17.7. The van der Waals surface area contributed by atoms with Gasteiger partial charge in [-0.3, -0.25) is 14.4 Å². The Bertz CT molecular complexity index is 823. The number of aromatic nitrogens is 4. The summed E-state index contributed by atoms with van der Waals surface area (Å²) in [6.45, 7) is 8.97. The van der Waals surface area contributed by atoms with Crippen LogP contribution in [0.1, 0.15) is 53.3 Å². The van der Waals surface area contributed by atoms with Crippen molar-refractivity contribution < 1.29 is 23.9 Å². The number of ether oxygens (including phenoxy) is 1. The molecule has 33 heavy (non-hydrogen) atoms. The summed E-state index contributed by atoms with van der Waals surface area (Å²) in [6, 6.07) is -1.55. The first kappa shape index (κ1) is 26.0. The Morgan fingerprint density at radius 2 is 2.00 bits per heavy atom. The number of carbonyl (C=O) groups excluding carboxylic acids is 4. The summed E-state index contributed by atoms with van der Waals surface area (Å²) in [5.41, 5.74) is -0.706. The SMILES string of the molecule is CC[C@H](C)[C@H](NC(=O)OC(C)(C)C)C(=O)NCC(=O)N1C[CH]C[C@H]1C(=O)NCc1nn[nH]n1. The van der Waals surface area contributed by atoms with Gasteiger partial charge in [0.1, 0.15) is 17.7 Å². The van der Waals surface area contributed by atoms with Crippen LogP contribution in [0.15, 0.2) is 0 Å². The van der Waals surface area contributed by atoms with Crippen LogP contribution in [-0.4, -0.2) is 80.1 Å². The molecule has 2 rings (SSSR count). The molecule has 0 unspecified atom stereocenters. The number of nitrogens with one attached hydrogen (secondary N) is 4. The third-order valence-corrected chi connectivity index (χ3v) is 5.11. The minimum absolute atomic E-state index is 0.0809. The molecule has 1 radical (unpaired) electrons. The lowest BCUT2D eigenvalue weighted by atomic mass is 9.98. The van der Waals surface area contributed by atoms with Gasteiger partial charge in [0.05, 0.1) is 13.1 Å². The number of aromatic amines is 1. The second-order valence-electron chi connectivity index (χ2n) is 8.86. The topological polar surface area (TPSA) is 171 Å². The highest BCUT2D eigenvalue weighted by Crippen LogP contribution is 2.17. The van der Waals surface area contributed by atoms with Crippen LogP contribution in [0.25, 0.3) is 0 Å². The predicted molar refractivity (Wildman–Crippen MR) is 116 cm³/mol. The van der Waals surface area contributed by atoms with Crippen molar-refractivity contribution in [1.82, 2.24) is 41.5 Å². The molecule has 3 atom stereocenters. The van der Waals surface area contributed by atoms with Crippen molar-refractivity contribution in [3.8, 4) is 0 Å². The van der Waals surface area contributed by atoms with Gasteiger partial charge >= 0.3 is 6.09 Å². The van der Waals surface area contributed by atoms with E-state index in [1.54, 1.807) is 20.8 Å². The average Bonchev–Trinajstić information content (AvgIpc) is 3.44. The molecule has 1 aromatic rings. The van der Waals surface area contributed by atoms with Gasteiger partial charge < -0.3 is 25.6 Å². The molecule has 0 saturated carbocycles. The Balaban J connectivity index is 1.90. The molecule has 183 valence electrons. The van der Waals surface area contributed by atoms with Gasteiger partial charge in [-0.05, 0) is 39.5 Å². The Labute approximate surface area is 192 Å². The lowest BCUT2D eigenvalue weighted by Crippen LogP contribution is -2.54. The Morgan fingerprint density at radius 3 is 2.61 bits per heavy atom. The maximum Gasteiger partial charge on any atom is 0.408 e. The molecule has 1 aliphatic heterocycles. The summed E-state index contributed by atoms with van der Waals surface area (Å²) in [6.07, 6.45) is 2.14. The molecule has 1 saturated heterocycles. The van der Waals surface area contributed by atoms with Gasteiger partial charge in [0.15, 0.2) is 5.82 Å². The van der Waals surface area contributed by atoms with Gasteiger partial charge in [-0.25, -0.2) is 4.79 Å². The number of nitrogens with zero attached hydrogens (tertiary/aromatic N) is 4. The Kier molecular flexibility index (Phi) is 9.12. The average molecular weight is 466 g/mol. The highest BCUT2D eigenvalue weighted by molar-refractivity contribution is 5.92. The van der Waals surface area contributed by atoms with E-state index in [-0.39, 0.29) is 24.9 Å². The number of H-pyrrole nitrogens is 1. The summed E-state index contributed by atoms with van der Waals surface area (Å²) >= 11 is 0. The van der Waals surface area contributed by atoms with Gasteiger partial charge in [-0.1, -0.05) is 25.5 Å². The van der Waals surface area contributed by atoms with E-state index in [1.165, 1.54) is 4.90 Å². The monoisotopic (exact) mass is 465 g/mol. The lowest BCUT2D eigenvalue weighted by Gasteiger charge is -2.27. The maximum absolute atomic E-state index is 12.8. The molecule has 0 spiro atoms. The van der Waals surface area contributed by atoms with Gasteiger partial charge in [0, 0.05) is 6.54 Å². The number of amides is 4. The molecule has 0 bridgehead atoms. The summed E-state index contributed by atoms with van der Waals surface area (Å²) < 4.78 is 5.24. The van der Waals surface area contributed by atoms with E-state index >= 15 is 0 Å². The first-order chi connectivity index (χ1) is 15.5. The number of rotatable bonds is 9. The van der Waals surface area contributed by atoms with E-state index in [9.17, 15) is 19.2 Å². The van der Waals surface area contributed by atoms with E-state index in [2.05, 4.69) is 36.6 Å². The van der Waals surface area contributed by atoms with Crippen molar-refractivity contribution in [1.29, 1.82) is 0 Å². The number of hydrogen-bond acceptors (Lipinski definition) is 8. The second kappa shape index (κ2) is 11.6. The fourth-order valence-electron chi connectivity index (χ4n) is 3.20. The molecule has 1 fully saturated rings.